The number of benzene rings is 1. The van der Waals surface area contributed by atoms with Crippen LogP contribution >= 0.6 is 11.6 Å². The van der Waals surface area contributed by atoms with E-state index in [-0.39, 0.29) is 10.6 Å². The zero-order valence-electron chi connectivity index (χ0n) is 10.3. The number of nitrogens with two attached hydrogens (primary N) is 1. The van der Waals surface area contributed by atoms with E-state index in [1.54, 1.807) is 7.05 Å². The summed E-state index contributed by atoms with van der Waals surface area (Å²) >= 11 is 5.51. The van der Waals surface area contributed by atoms with Gasteiger partial charge in [-0.1, -0.05) is 11.6 Å². The van der Waals surface area contributed by atoms with Crippen molar-refractivity contribution in [3.05, 3.63) is 46.2 Å². The van der Waals surface area contributed by atoms with Crippen LogP contribution in [0.25, 0.3) is 0 Å². The largest absolute Gasteiger partial charge is 0.493 e. The minimum absolute atomic E-state index is 0.0104. The zero-order chi connectivity index (χ0) is 14.2. The van der Waals surface area contributed by atoms with Gasteiger partial charge in [-0.25, -0.2) is 8.78 Å². The van der Waals surface area contributed by atoms with Crippen molar-refractivity contribution in [2.24, 2.45) is 12.8 Å². The molecule has 0 amide bonds. The van der Waals surface area contributed by atoms with Crippen LogP contribution in [0.5, 0.6) is 5.75 Å². The highest BCUT2D eigenvalue weighted by Gasteiger charge is 2.23. The van der Waals surface area contributed by atoms with Crippen LogP contribution in [0.2, 0.25) is 5.02 Å². The Balaban J connectivity index is 2.52. The molecular weight excluding hydrogens is 276 g/mol. The Kier molecular flexibility index (Phi) is 3.73. The third-order valence-electron chi connectivity index (χ3n) is 2.84. The van der Waals surface area contributed by atoms with E-state index in [2.05, 4.69) is 5.10 Å². The third kappa shape index (κ3) is 2.41. The summed E-state index contributed by atoms with van der Waals surface area (Å²) in [6, 6.07) is 0.971. The standard InChI is InChI=1S/C12H12ClF2N3O/c1-18-12(10(19-2)5-17-18)11(16)6-3-9(15)7(13)4-8(6)14/h3-5,11H,16H2,1-2H3. The number of ether oxygens (including phenoxy) is 1. The molecule has 1 atom stereocenters. The summed E-state index contributed by atoms with van der Waals surface area (Å²) in [7, 11) is 3.09. The topological polar surface area (TPSA) is 53.1 Å². The summed E-state index contributed by atoms with van der Waals surface area (Å²) in [6.45, 7) is 0. The van der Waals surface area contributed by atoms with Gasteiger partial charge < -0.3 is 10.5 Å². The molecule has 0 aliphatic carbocycles. The van der Waals surface area contributed by atoms with Gasteiger partial charge in [-0.05, 0) is 12.1 Å². The molecule has 102 valence electrons. The summed E-state index contributed by atoms with van der Waals surface area (Å²) in [4.78, 5) is 0. The third-order valence-corrected chi connectivity index (χ3v) is 3.13. The van der Waals surface area contributed by atoms with Crippen molar-refractivity contribution in [1.82, 2.24) is 9.78 Å². The minimum Gasteiger partial charge on any atom is -0.493 e. The molecular formula is C12H12ClF2N3O. The van der Waals surface area contributed by atoms with Crippen molar-refractivity contribution >= 4 is 11.6 Å². The highest BCUT2D eigenvalue weighted by atomic mass is 35.5. The van der Waals surface area contributed by atoms with Crippen LogP contribution in [0.15, 0.2) is 18.3 Å². The van der Waals surface area contributed by atoms with Crippen LogP contribution in [0.3, 0.4) is 0 Å². The average molecular weight is 288 g/mol. The first-order valence-electron chi connectivity index (χ1n) is 5.41. The lowest BCUT2D eigenvalue weighted by Crippen LogP contribution is -2.18. The second kappa shape index (κ2) is 5.14. The fourth-order valence-corrected chi connectivity index (χ4v) is 2.01. The van der Waals surface area contributed by atoms with Gasteiger partial charge in [-0.15, -0.1) is 0 Å². The van der Waals surface area contributed by atoms with E-state index in [9.17, 15) is 8.78 Å². The highest BCUT2D eigenvalue weighted by molar-refractivity contribution is 6.30. The lowest BCUT2D eigenvalue weighted by molar-refractivity contribution is 0.405. The predicted octanol–water partition coefficient (Wildman–Crippen LogP) is 2.41. The van der Waals surface area contributed by atoms with Crippen molar-refractivity contribution in [3.63, 3.8) is 0 Å². The number of aromatic nitrogens is 2. The van der Waals surface area contributed by atoms with Crippen molar-refractivity contribution in [3.8, 4) is 5.75 Å². The van der Waals surface area contributed by atoms with E-state index in [1.165, 1.54) is 18.0 Å². The number of hydrogen-bond donors (Lipinski definition) is 1. The van der Waals surface area contributed by atoms with Gasteiger partial charge in [0.2, 0.25) is 0 Å². The molecule has 1 aromatic heterocycles. The Morgan fingerprint density at radius 1 is 1.37 bits per heavy atom. The first-order chi connectivity index (χ1) is 8.95. The number of hydrogen-bond acceptors (Lipinski definition) is 3. The second-order valence-corrected chi connectivity index (χ2v) is 4.39. The SMILES string of the molecule is COc1cnn(C)c1C(N)c1cc(F)c(Cl)cc1F. The Morgan fingerprint density at radius 3 is 2.68 bits per heavy atom. The molecule has 0 spiro atoms. The summed E-state index contributed by atoms with van der Waals surface area (Å²) in [5.41, 5.74) is 6.40. The number of aryl methyl sites for hydroxylation is 1. The molecule has 0 aliphatic rings. The highest BCUT2D eigenvalue weighted by Crippen LogP contribution is 2.31. The quantitative estimate of drug-likeness (QED) is 0.882. The molecule has 0 saturated carbocycles. The van der Waals surface area contributed by atoms with Gasteiger partial charge in [-0.2, -0.15) is 5.10 Å². The molecule has 2 rings (SSSR count). The smallest absolute Gasteiger partial charge is 0.161 e. The number of halogens is 3. The molecule has 1 aromatic carbocycles. The summed E-state index contributed by atoms with van der Waals surface area (Å²) in [5.74, 6) is -0.999. The van der Waals surface area contributed by atoms with E-state index < -0.39 is 17.7 Å². The molecule has 19 heavy (non-hydrogen) atoms. The van der Waals surface area contributed by atoms with Gasteiger partial charge in [0.05, 0.1) is 24.4 Å². The molecule has 0 fully saturated rings. The average Bonchev–Trinajstić information content (AvgIpc) is 2.74. The molecule has 4 nitrogen and oxygen atoms in total. The monoisotopic (exact) mass is 287 g/mol. The van der Waals surface area contributed by atoms with Crippen LogP contribution in [-0.4, -0.2) is 16.9 Å². The van der Waals surface area contributed by atoms with Crippen LogP contribution in [0, 0.1) is 11.6 Å². The van der Waals surface area contributed by atoms with Crippen LogP contribution in [0.4, 0.5) is 8.78 Å². The van der Waals surface area contributed by atoms with Crippen LogP contribution in [-0.2, 0) is 7.05 Å². The van der Waals surface area contributed by atoms with Gasteiger partial charge in [0.1, 0.15) is 17.3 Å². The first-order valence-corrected chi connectivity index (χ1v) is 5.79. The molecule has 1 unspecified atom stereocenters. The Hall–Kier alpha value is -1.66. The fraction of sp³-hybridized carbons (Fsp3) is 0.250. The number of rotatable bonds is 3. The van der Waals surface area contributed by atoms with E-state index >= 15 is 0 Å². The van der Waals surface area contributed by atoms with E-state index in [0.29, 0.717) is 11.4 Å². The van der Waals surface area contributed by atoms with Gasteiger partial charge in [0.15, 0.2) is 5.75 Å². The van der Waals surface area contributed by atoms with Crippen molar-refractivity contribution in [1.29, 1.82) is 0 Å². The molecule has 0 radical (unpaired) electrons. The maximum atomic E-state index is 13.8. The van der Waals surface area contributed by atoms with E-state index in [4.69, 9.17) is 22.1 Å². The van der Waals surface area contributed by atoms with Crippen molar-refractivity contribution in [2.45, 2.75) is 6.04 Å². The summed E-state index contributed by atoms with van der Waals surface area (Å²) < 4.78 is 33.8. The van der Waals surface area contributed by atoms with Gasteiger partial charge in [0.25, 0.3) is 0 Å². The fourth-order valence-electron chi connectivity index (χ4n) is 1.86. The lowest BCUT2D eigenvalue weighted by atomic mass is 10.0. The molecule has 0 aliphatic heterocycles. The number of methoxy groups -OCH3 is 1. The zero-order valence-corrected chi connectivity index (χ0v) is 11.1. The minimum atomic E-state index is -0.908. The van der Waals surface area contributed by atoms with Crippen LogP contribution in [0.1, 0.15) is 17.3 Å². The maximum Gasteiger partial charge on any atom is 0.161 e. The predicted molar refractivity (Wildman–Crippen MR) is 67.2 cm³/mol. The van der Waals surface area contributed by atoms with Crippen LogP contribution < -0.4 is 10.5 Å². The second-order valence-electron chi connectivity index (χ2n) is 3.99. The molecule has 0 saturated heterocycles. The van der Waals surface area contributed by atoms with E-state index in [1.807, 2.05) is 0 Å². The first kappa shape index (κ1) is 13.8. The normalized spacial score (nSPS) is 12.5. The Morgan fingerprint density at radius 2 is 2.05 bits per heavy atom. The van der Waals surface area contributed by atoms with Crippen molar-refractivity contribution in [2.75, 3.05) is 7.11 Å². The summed E-state index contributed by atoms with van der Waals surface area (Å²) in [6.07, 6.45) is 1.46. The molecule has 2 aromatic rings. The molecule has 1 heterocycles. The lowest BCUT2D eigenvalue weighted by Gasteiger charge is -2.15. The summed E-state index contributed by atoms with van der Waals surface area (Å²) in [5, 5.41) is 3.69. The Bertz CT molecular complexity index is 615. The Labute approximate surface area is 113 Å². The van der Waals surface area contributed by atoms with Crippen molar-refractivity contribution < 1.29 is 13.5 Å². The molecule has 2 N–H and O–H groups in total. The van der Waals surface area contributed by atoms with E-state index in [0.717, 1.165) is 12.1 Å². The maximum absolute atomic E-state index is 13.8. The number of nitrogens with zero attached hydrogens (tertiary/aromatic N) is 2. The molecule has 7 heteroatoms. The van der Waals surface area contributed by atoms with Gasteiger partial charge in [-0.3, -0.25) is 4.68 Å². The van der Waals surface area contributed by atoms with Gasteiger partial charge >= 0.3 is 0 Å². The van der Waals surface area contributed by atoms with Gasteiger partial charge in [0, 0.05) is 12.6 Å². The molecule has 0 bridgehead atoms.